The second kappa shape index (κ2) is 5.87. The Morgan fingerprint density at radius 1 is 1.13 bits per heavy atom. The van der Waals surface area contributed by atoms with Crippen LogP contribution >= 0.6 is 23.4 Å². The molecular formula is C18H13ClN2OS. The Hall–Kier alpha value is -2.04. The molecule has 2 aromatic carbocycles. The van der Waals surface area contributed by atoms with Gasteiger partial charge in [-0.15, -0.1) is 11.8 Å². The Morgan fingerprint density at radius 3 is 2.78 bits per heavy atom. The SMILES string of the molecule is O=C1C(=Nc2cccc(Cl)c2)c2ccccc2N1C1=CSCC1. The molecule has 0 unspecified atom stereocenters. The molecule has 2 aliphatic heterocycles. The Bertz CT molecular complexity index is 860. The lowest BCUT2D eigenvalue weighted by Gasteiger charge is -2.17. The third-order valence-electron chi connectivity index (χ3n) is 3.84. The predicted octanol–water partition coefficient (Wildman–Crippen LogP) is 4.79. The zero-order valence-corrected chi connectivity index (χ0v) is 13.8. The van der Waals surface area contributed by atoms with Gasteiger partial charge >= 0.3 is 0 Å². The maximum absolute atomic E-state index is 13.0. The van der Waals surface area contributed by atoms with Crippen molar-refractivity contribution >= 4 is 46.4 Å². The van der Waals surface area contributed by atoms with Crippen LogP contribution in [0.2, 0.25) is 5.02 Å². The van der Waals surface area contributed by atoms with Crippen molar-refractivity contribution < 1.29 is 4.79 Å². The van der Waals surface area contributed by atoms with Crippen LogP contribution in [0.1, 0.15) is 12.0 Å². The Labute approximate surface area is 143 Å². The summed E-state index contributed by atoms with van der Waals surface area (Å²) < 4.78 is 0. The van der Waals surface area contributed by atoms with Crippen molar-refractivity contribution in [2.24, 2.45) is 4.99 Å². The molecule has 4 rings (SSSR count). The van der Waals surface area contributed by atoms with Gasteiger partial charge in [-0.3, -0.25) is 9.69 Å². The van der Waals surface area contributed by atoms with Crippen LogP contribution in [-0.4, -0.2) is 17.4 Å². The standard InChI is InChI=1S/C18H13ClN2OS/c19-12-4-3-5-13(10-12)20-17-15-6-1-2-7-16(15)21(18(17)22)14-8-9-23-11-14/h1-7,10-11H,8-9H2. The second-order valence-electron chi connectivity index (χ2n) is 5.33. The van der Waals surface area contributed by atoms with E-state index in [4.69, 9.17) is 11.6 Å². The van der Waals surface area contributed by atoms with E-state index in [9.17, 15) is 4.79 Å². The van der Waals surface area contributed by atoms with Crippen LogP contribution in [0.4, 0.5) is 11.4 Å². The molecule has 0 aromatic heterocycles. The number of allylic oxidation sites excluding steroid dienone is 1. The molecule has 23 heavy (non-hydrogen) atoms. The fourth-order valence-electron chi connectivity index (χ4n) is 2.81. The smallest absolute Gasteiger partial charge is 0.278 e. The Kier molecular flexibility index (Phi) is 3.71. The first-order valence-electron chi connectivity index (χ1n) is 7.33. The molecule has 0 bridgehead atoms. The summed E-state index contributed by atoms with van der Waals surface area (Å²) in [5.74, 6) is 0.946. The molecule has 0 atom stereocenters. The molecular weight excluding hydrogens is 328 g/mol. The molecule has 0 saturated carbocycles. The number of para-hydroxylation sites is 1. The van der Waals surface area contributed by atoms with Crippen LogP contribution in [0.25, 0.3) is 0 Å². The summed E-state index contributed by atoms with van der Waals surface area (Å²) in [7, 11) is 0. The summed E-state index contributed by atoms with van der Waals surface area (Å²) in [5, 5.41) is 2.68. The third-order valence-corrected chi connectivity index (χ3v) is 4.95. The van der Waals surface area contributed by atoms with Crippen LogP contribution in [0.15, 0.2) is 64.6 Å². The van der Waals surface area contributed by atoms with Crippen molar-refractivity contribution in [3.63, 3.8) is 0 Å². The summed E-state index contributed by atoms with van der Waals surface area (Å²) in [6, 6.07) is 15.0. The second-order valence-corrected chi connectivity index (χ2v) is 6.74. The highest BCUT2D eigenvalue weighted by molar-refractivity contribution is 8.02. The minimum absolute atomic E-state index is 0.0695. The summed E-state index contributed by atoms with van der Waals surface area (Å²) in [6.07, 6.45) is 0.898. The number of fused-ring (bicyclic) bond motifs is 1. The first-order chi connectivity index (χ1) is 11.2. The van der Waals surface area contributed by atoms with Crippen LogP contribution < -0.4 is 4.90 Å². The van der Waals surface area contributed by atoms with Crippen LogP contribution in [0, 0.1) is 0 Å². The lowest BCUT2D eigenvalue weighted by molar-refractivity contribution is -0.111. The van der Waals surface area contributed by atoms with Crippen molar-refractivity contribution in [2.75, 3.05) is 10.7 Å². The summed E-state index contributed by atoms with van der Waals surface area (Å²) in [4.78, 5) is 19.3. The van der Waals surface area contributed by atoms with Gasteiger partial charge in [0.15, 0.2) is 0 Å². The van der Waals surface area contributed by atoms with E-state index in [0.717, 1.165) is 29.1 Å². The maximum atomic E-state index is 13.0. The van der Waals surface area contributed by atoms with Crippen LogP contribution in [0.3, 0.4) is 0 Å². The minimum Gasteiger partial charge on any atom is -0.278 e. The quantitative estimate of drug-likeness (QED) is 0.787. The fraction of sp³-hybridized carbons (Fsp3) is 0.111. The zero-order chi connectivity index (χ0) is 15.8. The van der Waals surface area contributed by atoms with E-state index < -0.39 is 0 Å². The first kappa shape index (κ1) is 14.5. The van der Waals surface area contributed by atoms with Crippen LogP contribution in [-0.2, 0) is 4.79 Å². The molecule has 114 valence electrons. The molecule has 3 nitrogen and oxygen atoms in total. The van der Waals surface area contributed by atoms with Crippen molar-refractivity contribution in [1.29, 1.82) is 0 Å². The van der Waals surface area contributed by atoms with Gasteiger partial charge in [0.2, 0.25) is 0 Å². The average Bonchev–Trinajstić information content (AvgIpc) is 3.15. The molecule has 0 radical (unpaired) electrons. The van der Waals surface area contributed by atoms with Gasteiger partial charge in [0, 0.05) is 22.0 Å². The summed E-state index contributed by atoms with van der Waals surface area (Å²) in [6.45, 7) is 0. The Morgan fingerprint density at radius 2 is 2.00 bits per heavy atom. The molecule has 0 spiro atoms. The van der Waals surface area contributed by atoms with Crippen LogP contribution in [0.5, 0.6) is 0 Å². The number of nitrogens with zero attached hydrogens (tertiary/aromatic N) is 2. The first-order valence-corrected chi connectivity index (χ1v) is 8.75. The van der Waals surface area contributed by atoms with E-state index in [1.165, 1.54) is 0 Å². The molecule has 5 heteroatoms. The highest BCUT2D eigenvalue weighted by Gasteiger charge is 2.36. The van der Waals surface area contributed by atoms with Gasteiger partial charge in [-0.05, 0) is 36.1 Å². The number of hydrogen-bond donors (Lipinski definition) is 0. The molecule has 0 aliphatic carbocycles. The van der Waals surface area contributed by atoms with E-state index >= 15 is 0 Å². The van der Waals surface area contributed by atoms with Gasteiger partial charge in [-0.1, -0.05) is 35.9 Å². The molecule has 0 fully saturated rings. The largest absolute Gasteiger partial charge is 0.281 e. The topological polar surface area (TPSA) is 32.7 Å². The van der Waals surface area contributed by atoms with Crippen molar-refractivity contribution in [3.8, 4) is 0 Å². The van der Waals surface area contributed by atoms with E-state index in [-0.39, 0.29) is 5.91 Å². The van der Waals surface area contributed by atoms with E-state index in [1.54, 1.807) is 28.8 Å². The monoisotopic (exact) mass is 340 g/mol. The maximum Gasteiger partial charge on any atom is 0.281 e. The number of carbonyl (C=O) groups excluding carboxylic acids is 1. The number of anilines is 1. The molecule has 0 saturated heterocycles. The summed E-state index contributed by atoms with van der Waals surface area (Å²) in [5.41, 5.74) is 3.99. The minimum atomic E-state index is -0.0695. The number of carbonyl (C=O) groups is 1. The molecule has 2 aliphatic rings. The predicted molar refractivity (Wildman–Crippen MR) is 96.7 cm³/mol. The molecule has 0 N–H and O–H groups in total. The highest BCUT2D eigenvalue weighted by Crippen LogP contribution is 2.37. The molecule has 2 aromatic rings. The lowest BCUT2D eigenvalue weighted by atomic mass is 10.1. The Balaban J connectivity index is 1.83. The number of rotatable bonds is 2. The van der Waals surface area contributed by atoms with Gasteiger partial charge in [0.05, 0.1) is 11.4 Å². The molecule has 2 heterocycles. The van der Waals surface area contributed by atoms with E-state index in [0.29, 0.717) is 16.4 Å². The molecule has 1 amide bonds. The lowest BCUT2D eigenvalue weighted by Crippen LogP contribution is -2.28. The zero-order valence-electron chi connectivity index (χ0n) is 12.2. The van der Waals surface area contributed by atoms with E-state index in [1.807, 2.05) is 36.4 Å². The number of amides is 1. The normalized spacial score (nSPS) is 18.5. The number of aliphatic imine (C=N–C) groups is 1. The van der Waals surface area contributed by atoms with Crippen molar-refractivity contribution in [2.45, 2.75) is 6.42 Å². The van der Waals surface area contributed by atoms with Gasteiger partial charge in [-0.2, -0.15) is 0 Å². The third kappa shape index (κ3) is 2.58. The van der Waals surface area contributed by atoms with Crippen molar-refractivity contribution in [3.05, 3.63) is 70.2 Å². The number of benzene rings is 2. The van der Waals surface area contributed by atoms with Gasteiger partial charge < -0.3 is 0 Å². The average molecular weight is 341 g/mol. The number of halogens is 1. The summed E-state index contributed by atoms with van der Waals surface area (Å²) >= 11 is 7.76. The van der Waals surface area contributed by atoms with Gasteiger partial charge in [0.1, 0.15) is 5.71 Å². The van der Waals surface area contributed by atoms with Gasteiger partial charge in [0.25, 0.3) is 5.91 Å². The number of thioether (sulfide) groups is 1. The number of hydrogen-bond acceptors (Lipinski definition) is 3. The fourth-order valence-corrected chi connectivity index (χ4v) is 3.85. The highest BCUT2D eigenvalue weighted by atomic mass is 35.5. The van der Waals surface area contributed by atoms with Crippen molar-refractivity contribution in [1.82, 2.24) is 0 Å². The van der Waals surface area contributed by atoms with E-state index in [2.05, 4.69) is 10.4 Å². The van der Waals surface area contributed by atoms with Gasteiger partial charge in [-0.25, -0.2) is 4.99 Å².